The van der Waals surface area contributed by atoms with Crippen LogP contribution in [0.3, 0.4) is 0 Å². The lowest BCUT2D eigenvalue weighted by atomic mass is 10.3. The van der Waals surface area contributed by atoms with Crippen LogP contribution in [-0.4, -0.2) is 38.0 Å². The van der Waals surface area contributed by atoms with Crippen LogP contribution < -0.4 is 4.72 Å². The Kier molecular flexibility index (Phi) is 5.20. The van der Waals surface area contributed by atoms with Gasteiger partial charge in [0, 0.05) is 20.2 Å². The molecular formula is C10H15ClN2O3S. The standard InChI is InChI=1S/C10H15ClN2O3S/c1-13(7-4-8-14)17(15,16)12-10-6-3-2-5-9(10)11/h2-3,5-6,12,14H,4,7-8H2,1H3. The van der Waals surface area contributed by atoms with Crippen molar-refractivity contribution < 1.29 is 13.5 Å². The molecule has 0 aromatic heterocycles. The van der Waals surface area contributed by atoms with Crippen LogP contribution in [0.4, 0.5) is 5.69 Å². The van der Waals surface area contributed by atoms with Crippen molar-refractivity contribution in [3.8, 4) is 0 Å². The first-order valence-electron chi connectivity index (χ1n) is 5.07. The van der Waals surface area contributed by atoms with Gasteiger partial charge in [-0.3, -0.25) is 4.72 Å². The predicted molar refractivity (Wildman–Crippen MR) is 68.3 cm³/mol. The van der Waals surface area contributed by atoms with E-state index in [0.717, 1.165) is 4.31 Å². The van der Waals surface area contributed by atoms with E-state index in [1.54, 1.807) is 24.3 Å². The van der Waals surface area contributed by atoms with Crippen molar-refractivity contribution in [2.24, 2.45) is 0 Å². The molecule has 0 aliphatic heterocycles. The fourth-order valence-corrected chi connectivity index (χ4v) is 2.39. The van der Waals surface area contributed by atoms with Crippen LogP contribution >= 0.6 is 11.6 Å². The van der Waals surface area contributed by atoms with Gasteiger partial charge in [0.25, 0.3) is 0 Å². The zero-order valence-corrected chi connectivity index (χ0v) is 11.0. The molecule has 0 atom stereocenters. The van der Waals surface area contributed by atoms with Crippen molar-refractivity contribution in [1.29, 1.82) is 0 Å². The van der Waals surface area contributed by atoms with Crippen molar-refractivity contribution in [2.75, 3.05) is 24.9 Å². The second kappa shape index (κ2) is 6.20. The third kappa shape index (κ3) is 4.16. The molecule has 17 heavy (non-hydrogen) atoms. The largest absolute Gasteiger partial charge is 0.396 e. The third-order valence-corrected chi connectivity index (χ3v) is 3.96. The predicted octanol–water partition coefficient (Wildman–Crippen LogP) is 1.31. The van der Waals surface area contributed by atoms with Gasteiger partial charge in [-0.1, -0.05) is 23.7 Å². The van der Waals surface area contributed by atoms with E-state index in [0.29, 0.717) is 17.1 Å². The van der Waals surface area contributed by atoms with Crippen LogP contribution in [0.25, 0.3) is 0 Å². The number of hydrogen-bond acceptors (Lipinski definition) is 3. The lowest BCUT2D eigenvalue weighted by Gasteiger charge is -2.18. The highest BCUT2D eigenvalue weighted by Gasteiger charge is 2.17. The van der Waals surface area contributed by atoms with Crippen LogP contribution in [-0.2, 0) is 10.2 Å². The number of para-hydroxylation sites is 1. The summed E-state index contributed by atoms with van der Waals surface area (Å²) in [6, 6.07) is 6.60. The average molecular weight is 279 g/mol. The summed E-state index contributed by atoms with van der Waals surface area (Å²) in [4.78, 5) is 0. The number of aliphatic hydroxyl groups is 1. The number of anilines is 1. The van der Waals surface area contributed by atoms with Crippen LogP contribution in [0.5, 0.6) is 0 Å². The Hall–Kier alpha value is -0.820. The van der Waals surface area contributed by atoms with Crippen LogP contribution in [0.2, 0.25) is 5.02 Å². The SMILES string of the molecule is CN(CCCO)S(=O)(=O)Nc1ccccc1Cl. The van der Waals surface area contributed by atoms with E-state index < -0.39 is 10.2 Å². The molecule has 1 rings (SSSR count). The number of nitrogens with zero attached hydrogens (tertiary/aromatic N) is 1. The molecule has 0 saturated heterocycles. The van der Waals surface area contributed by atoms with Gasteiger partial charge < -0.3 is 5.11 Å². The maximum atomic E-state index is 11.8. The van der Waals surface area contributed by atoms with Crippen molar-refractivity contribution in [3.05, 3.63) is 29.3 Å². The van der Waals surface area contributed by atoms with E-state index in [1.807, 2.05) is 0 Å². The zero-order chi connectivity index (χ0) is 12.9. The molecule has 1 aromatic rings. The maximum Gasteiger partial charge on any atom is 0.301 e. The summed E-state index contributed by atoms with van der Waals surface area (Å²) in [5.41, 5.74) is 0.338. The molecule has 0 saturated carbocycles. The minimum atomic E-state index is -3.62. The van der Waals surface area contributed by atoms with Gasteiger partial charge in [-0.2, -0.15) is 12.7 Å². The Balaban J connectivity index is 2.76. The number of aliphatic hydroxyl groups excluding tert-OH is 1. The van der Waals surface area contributed by atoms with Crippen molar-refractivity contribution in [2.45, 2.75) is 6.42 Å². The van der Waals surface area contributed by atoms with Crippen molar-refractivity contribution in [1.82, 2.24) is 4.31 Å². The van der Waals surface area contributed by atoms with Crippen molar-refractivity contribution in [3.63, 3.8) is 0 Å². The summed E-state index contributed by atoms with van der Waals surface area (Å²) < 4.78 is 27.2. The topological polar surface area (TPSA) is 69.6 Å². The fraction of sp³-hybridized carbons (Fsp3) is 0.400. The molecule has 0 spiro atoms. The summed E-state index contributed by atoms with van der Waals surface area (Å²) in [5, 5.41) is 8.99. The van der Waals surface area contributed by atoms with Gasteiger partial charge in [-0.15, -0.1) is 0 Å². The first-order chi connectivity index (χ1) is 7.97. The van der Waals surface area contributed by atoms with Gasteiger partial charge in [0.1, 0.15) is 0 Å². The van der Waals surface area contributed by atoms with E-state index >= 15 is 0 Å². The molecule has 0 fully saturated rings. The van der Waals surface area contributed by atoms with Crippen LogP contribution in [0.15, 0.2) is 24.3 Å². The lowest BCUT2D eigenvalue weighted by molar-refractivity contribution is 0.276. The Morgan fingerprint density at radius 1 is 1.41 bits per heavy atom. The molecule has 0 radical (unpaired) electrons. The van der Waals surface area contributed by atoms with Crippen molar-refractivity contribution >= 4 is 27.5 Å². The highest BCUT2D eigenvalue weighted by atomic mass is 35.5. The minimum absolute atomic E-state index is 0.0496. The highest BCUT2D eigenvalue weighted by molar-refractivity contribution is 7.90. The molecule has 1 aromatic carbocycles. The van der Waals surface area contributed by atoms with Crippen LogP contribution in [0.1, 0.15) is 6.42 Å². The summed E-state index contributed by atoms with van der Waals surface area (Å²) in [6.45, 7) is 0.197. The quantitative estimate of drug-likeness (QED) is 0.824. The monoisotopic (exact) mass is 278 g/mol. The van der Waals surface area contributed by atoms with Gasteiger partial charge in [-0.25, -0.2) is 0 Å². The first-order valence-corrected chi connectivity index (χ1v) is 6.88. The molecule has 5 nitrogen and oxygen atoms in total. The summed E-state index contributed by atoms with van der Waals surface area (Å²) in [6.07, 6.45) is 0.389. The van der Waals surface area contributed by atoms with Gasteiger partial charge in [0.05, 0.1) is 10.7 Å². The lowest BCUT2D eigenvalue weighted by Crippen LogP contribution is -2.33. The number of hydrogen-bond donors (Lipinski definition) is 2. The third-order valence-electron chi connectivity index (χ3n) is 2.15. The Morgan fingerprint density at radius 2 is 2.06 bits per heavy atom. The molecular weight excluding hydrogens is 264 g/mol. The molecule has 0 aliphatic carbocycles. The van der Waals surface area contributed by atoms with E-state index in [4.69, 9.17) is 16.7 Å². The second-order valence-electron chi connectivity index (χ2n) is 3.49. The minimum Gasteiger partial charge on any atom is -0.396 e. The number of halogens is 1. The molecule has 0 amide bonds. The number of rotatable bonds is 6. The molecule has 7 heteroatoms. The molecule has 0 aliphatic rings. The average Bonchev–Trinajstić information content (AvgIpc) is 2.28. The fourth-order valence-electron chi connectivity index (χ4n) is 1.17. The molecule has 0 unspecified atom stereocenters. The van der Waals surface area contributed by atoms with Gasteiger partial charge in [0.15, 0.2) is 0 Å². The summed E-state index contributed by atoms with van der Waals surface area (Å²) >= 11 is 5.85. The molecule has 0 bridgehead atoms. The van der Waals surface area contributed by atoms with Gasteiger partial charge in [0.2, 0.25) is 0 Å². The zero-order valence-electron chi connectivity index (χ0n) is 9.43. The highest BCUT2D eigenvalue weighted by Crippen LogP contribution is 2.22. The van der Waals surface area contributed by atoms with Crippen LogP contribution in [0, 0.1) is 0 Å². The Labute approximate surface area is 106 Å². The molecule has 0 heterocycles. The van der Waals surface area contributed by atoms with E-state index in [1.165, 1.54) is 7.05 Å². The Bertz CT molecular complexity index is 464. The molecule has 2 N–H and O–H groups in total. The van der Waals surface area contributed by atoms with E-state index in [9.17, 15) is 8.42 Å². The second-order valence-corrected chi connectivity index (χ2v) is 5.67. The summed E-state index contributed by atoms with van der Waals surface area (Å²) in [7, 11) is -2.18. The number of benzene rings is 1. The normalized spacial score (nSPS) is 11.8. The Morgan fingerprint density at radius 3 is 2.65 bits per heavy atom. The van der Waals surface area contributed by atoms with E-state index in [-0.39, 0.29) is 13.2 Å². The molecule has 96 valence electrons. The smallest absolute Gasteiger partial charge is 0.301 e. The van der Waals surface area contributed by atoms with Gasteiger partial charge >= 0.3 is 10.2 Å². The number of nitrogens with one attached hydrogen (secondary N) is 1. The van der Waals surface area contributed by atoms with Gasteiger partial charge in [-0.05, 0) is 18.6 Å². The maximum absolute atomic E-state index is 11.8. The summed E-state index contributed by atoms with van der Waals surface area (Å²) in [5.74, 6) is 0. The first kappa shape index (κ1) is 14.2. The van der Waals surface area contributed by atoms with E-state index in [2.05, 4.69) is 4.72 Å².